The summed E-state index contributed by atoms with van der Waals surface area (Å²) >= 11 is 11.8. The van der Waals surface area contributed by atoms with Crippen LogP contribution in [0.15, 0.2) is 30.5 Å². The number of amides is 1. The van der Waals surface area contributed by atoms with E-state index in [0.717, 1.165) is 18.5 Å². The van der Waals surface area contributed by atoms with Crippen LogP contribution in [0.1, 0.15) is 27.9 Å². The third kappa shape index (κ3) is 2.76. The first-order chi connectivity index (χ1) is 10.1. The summed E-state index contributed by atoms with van der Waals surface area (Å²) in [6, 6.07) is 7.74. The van der Waals surface area contributed by atoms with Crippen LogP contribution in [-0.2, 0) is 6.42 Å². The molecule has 108 valence electrons. The molecule has 0 radical (unpaired) electrons. The monoisotopic (exact) mass is 320 g/mol. The van der Waals surface area contributed by atoms with Crippen LogP contribution in [0.5, 0.6) is 0 Å². The minimum Gasteiger partial charge on any atom is -0.308 e. The smallest absolute Gasteiger partial charge is 0.259 e. The minimum atomic E-state index is -0.0918. The Morgan fingerprint density at radius 3 is 2.86 bits per heavy atom. The van der Waals surface area contributed by atoms with E-state index in [1.165, 1.54) is 17.3 Å². The molecule has 0 N–H and O–H groups in total. The van der Waals surface area contributed by atoms with Gasteiger partial charge in [0.25, 0.3) is 5.91 Å². The van der Waals surface area contributed by atoms with Crippen molar-refractivity contribution in [2.24, 2.45) is 0 Å². The van der Waals surface area contributed by atoms with Crippen LogP contribution in [0, 0.1) is 6.92 Å². The molecule has 1 amide bonds. The molecule has 1 aromatic heterocycles. The minimum absolute atomic E-state index is 0.0918. The number of nitrogens with zero attached hydrogens (tertiary/aromatic N) is 2. The summed E-state index contributed by atoms with van der Waals surface area (Å²) in [7, 11) is 0. The van der Waals surface area contributed by atoms with Crippen molar-refractivity contribution in [3.63, 3.8) is 0 Å². The molecule has 0 spiro atoms. The number of anilines is 1. The van der Waals surface area contributed by atoms with Crippen LogP contribution in [0.25, 0.3) is 0 Å². The molecule has 1 aromatic carbocycles. The molecule has 2 aromatic rings. The Morgan fingerprint density at radius 2 is 2.10 bits per heavy atom. The molecule has 0 saturated heterocycles. The van der Waals surface area contributed by atoms with Crippen LogP contribution in [0.2, 0.25) is 10.2 Å². The first-order valence-electron chi connectivity index (χ1n) is 6.78. The van der Waals surface area contributed by atoms with Crippen molar-refractivity contribution in [1.29, 1.82) is 0 Å². The molecule has 1 aliphatic rings. The third-order valence-electron chi connectivity index (χ3n) is 3.64. The van der Waals surface area contributed by atoms with Gasteiger partial charge in [-0.25, -0.2) is 4.98 Å². The number of carbonyl (C=O) groups excluding carboxylic acids is 1. The number of hydrogen-bond acceptors (Lipinski definition) is 2. The van der Waals surface area contributed by atoms with Crippen molar-refractivity contribution >= 4 is 34.8 Å². The summed E-state index contributed by atoms with van der Waals surface area (Å²) in [5.74, 6) is -0.0918. The van der Waals surface area contributed by atoms with Crippen molar-refractivity contribution in [2.45, 2.75) is 19.8 Å². The van der Waals surface area contributed by atoms with Crippen LogP contribution in [0.4, 0.5) is 5.69 Å². The second-order valence-corrected chi connectivity index (χ2v) is 5.95. The lowest BCUT2D eigenvalue weighted by atomic mass is 9.99. The molecule has 5 heteroatoms. The standard InChI is InChI=1S/C16H14Cl2N2O/c1-10-4-5-14-11(7-10)3-2-6-20(14)16(21)12-8-13(17)15(18)19-9-12/h4-5,7-9H,2-3,6H2,1H3. The van der Waals surface area contributed by atoms with Crippen molar-refractivity contribution in [3.8, 4) is 0 Å². The zero-order chi connectivity index (χ0) is 15.0. The van der Waals surface area contributed by atoms with Crippen LogP contribution in [-0.4, -0.2) is 17.4 Å². The second kappa shape index (κ2) is 5.66. The number of fused-ring (bicyclic) bond motifs is 1. The van der Waals surface area contributed by atoms with E-state index in [0.29, 0.717) is 17.1 Å². The molecular weight excluding hydrogens is 307 g/mol. The highest BCUT2D eigenvalue weighted by molar-refractivity contribution is 6.41. The summed E-state index contributed by atoms with van der Waals surface area (Å²) in [4.78, 5) is 18.4. The summed E-state index contributed by atoms with van der Waals surface area (Å²) in [6.07, 6.45) is 3.43. The first-order valence-corrected chi connectivity index (χ1v) is 7.54. The van der Waals surface area contributed by atoms with Gasteiger partial charge in [-0.15, -0.1) is 0 Å². The van der Waals surface area contributed by atoms with E-state index in [1.54, 1.807) is 11.0 Å². The first kappa shape index (κ1) is 14.4. The van der Waals surface area contributed by atoms with Crippen LogP contribution in [0.3, 0.4) is 0 Å². The average Bonchev–Trinajstić information content (AvgIpc) is 2.48. The van der Waals surface area contributed by atoms with Gasteiger partial charge in [-0.05, 0) is 37.5 Å². The van der Waals surface area contributed by atoms with E-state index in [4.69, 9.17) is 23.2 Å². The fourth-order valence-electron chi connectivity index (χ4n) is 2.63. The quantitative estimate of drug-likeness (QED) is 0.734. The number of rotatable bonds is 1. The Bertz CT molecular complexity index is 715. The summed E-state index contributed by atoms with van der Waals surface area (Å²) in [5, 5.41) is 0.506. The Labute approximate surface area is 133 Å². The summed E-state index contributed by atoms with van der Waals surface area (Å²) in [5.41, 5.74) is 3.85. The summed E-state index contributed by atoms with van der Waals surface area (Å²) < 4.78 is 0. The molecule has 0 bridgehead atoms. The van der Waals surface area contributed by atoms with E-state index >= 15 is 0 Å². The predicted molar refractivity (Wildman–Crippen MR) is 85.4 cm³/mol. The van der Waals surface area contributed by atoms with Gasteiger partial charge in [-0.2, -0.15) is 0 Å². The largest absolute Gasteiger partial charge is 0.308 e. The summed E-state index contributed by atoms with van der Waals surface area (Å²) in [6.45, 7) is 2.76. The number of aryl methyl sites for hydroxylation is 2. The lowest BCUT2D eigenvalue weighted by Gasteiger charge is -2.29. The maximum absolute atomic E-state index is 12.7. The number of benzene rings is 1. The van der Waals surface area contributed by atoms with E-state index in [2.05, 4.69) is 18.0 Å². The number of pyridine rings is 1. The highest BCUT2D eigenvalue weighted by Gasteiger charge is 2.24. The van der Waals surface area contributed by atoms with Gasteiger partial charge in [-0.1, -0.05) is 40.9 Å². The van der Waals surface area contributed by atoms with Gasteiger partial charge in [0.15, 0.2) is 0 Å². The van der Waals surface area contributed by atoms with Gasteiger partial charge in [0.05, 0.1) is 10.6 Å². The number of carbonyl (C=O) groups is 1. The van der Waals surface area contributed by atoms with Crippen molar-refractivity contribution < 1.29 is 4.79 Å². The van der Waals surface area contributed by atoms with Crippen LogP contribution < -0.4 is 4.90 Å². The molecule has 0 atom stereocenters. The molecule has 0 unspecified atom stereocenters. The topological polar surface area (TPSA) is 33.2 Å². The number of hydrogen-bond donors (Lipinski definition) is 0. The molecule has 0 fully saturated rings. The lowest BCUT2D eigenvalue weighted by Crippen LogP contribution is -2.35. The third-order valence-corrected chi connectivity index (χ3v) is 4.33. The van der Waals surface area contributed by atoms with Gasteiger partial charge in [0.2, 0.25) is 0 Å². The van der Waals surface area contributed by atoms with Crippen LogP contribution >= 0.6 is 23.2 Å². The van der Waals surface area contributed by atoms with Gasteiger partial charge in [0, 0.05) is 18.4 Å². The van der Waals surface area contributed by atoms with Gasteiger partial charge in [0.1, 0.15) is 5.15 Å². The normalized spacial score (nSPS) is 14.0. The molecule has 21 heavy (non-hydrogen) atoms. The fourth-order valence-corrected chi connectivity index (χ4v) is 2.90. The highest BCUT2D eigenvalue weighted by atomic mass is 35.5. The number of halogens is 2. The maximum atomic E-state index is 12.7. The van der Waals surface area contributed by atoms with Gasteiger partial charge >= 0.3 is 0 Å². The Kier molecular flexibility index (Phi) is 3.87. The van der Waals surface area contributed by atoms with E-state index in [1.807, 2.05) is 12.1 Å². The SMILES string of the molecule is Cc1ccc2c(c1)CCCN2C(=O)c1cnc(Cl)c(Cl)c1. The molecule has 1 aliphatic heterocycles. The predicted octanol–water partition coefficient (Wildman–Crippen LogP) is 4.29. The van der Waals surface area contributed by atoms with Crippen molar-refractivity contribution in [3.05, 3.63) is 57.3 Å². The maximum Gasteiger partial charge on any atom is 0.259 e. The average molecular weight is 321 g/mol. The highest BCUT2D eigenvalue weighted by Crippen LogP contribution is 2.30. The van der Waals surface area contributed by atoms with E-state index < -0.39 is 0 Å². The zero-order valence-electron chi connectivity index (χ0n) is 11.6. The Hall–Kier alpha value is -1.58. The van der Waals surface area contributed by atoms with Crippen molar-refractivity contribution in [1.82, 2.24) is 4.98 Å². The Morgan fingerprint density at radius 1 is 1.29 bits per heavy atom. The molecule has 2 heterocycles. The zero-order valence-corrected chi connectivity index (χ0v) is 13.1. The van der Waals surface area contributed by atoms with Gasteiger partial charge < -0.3 is 4.90 Å². The lowest BCUT2D eigenvalue weighted by molar-refractivity contribution is 0.0985. The second-order valence-electron chi connectivity index (χ2n) is 5.19. The van der Waals surface area contributed by atoms with E-state index in [9.17, 15) is 4.79 Å². The Balaban J connectivity index is 1.98. The molecule has 0 saturated carbocycles. The van der Waals surface area contributed by atoms with Gasteiger partial charge in [-0.3, -0.25) is 4.79 Å². The fraction of sp³-hybridized carbons (Fsp3) is 0.250. The number of aromatic nitrogens is 1. The van der Waals surface area contributed by atoms with Crippen molar-refractivity contribution in [2.75, 3.05) is 11.4 Å². The van der Waals surface area contributed by atoms with E-state index in [-0.39, 0.29) is 11.1 Å². The molecule has 3 rings (SSSR count). The molecule has 3 nitrogen and oxygen atoms in total. The molecule has 0 aliphatic carbocycles. The molecular formula is C16H14Cl2N2O.